The Morgan fingerprint density at radius 2 is 0.575 bits per heavy atom. The number of ether oxygens (including phenoxy) is 12. The second kappa shape index (κ2) is 55.7. The molecule has 20 aliphatic carbocycles. The van der Waals surface area contributed by atoms with Gasteiger partial charge >= 0.3 is 35.8 Å². The third-order valence-electron chi connectivity index (χ3n) is 32.4. The molecule has 0 aromatic carbocycles. The Kier molecular flexibility index (Phi) is 54.8. The molecule has 0 aromatic heterocycles. The van der Waals surface area contributed by atoms with E-state index in [1.54, 1.807) is 0 Å². The van der Waals surface area contributed by atoms with Crippen molar-refractivity contribution < 1.29 is 95.2 Å². The topological polar surface area (TPSA) is 247 Å². The number of ketones is 2. The number of carbonyl (C=O) groups excluding carboxylic acids is 8. The Morgan fingerprint density at radius 1 is 0.307 bits per heavy atom. The Balaban J connectivity index is 0. The van der Waals surface area contributed by atoms with Crippen molar-refractivity contribution in [2.75, 3.05) is 54.0 Å². The quantitative estimate of drug-likeness (QED) is 0.0263. The molecule has 0 aliphatic heterocycles. The number of hydrogen-bond donors (Lipinski definition) is 0. The van der Waals surface area contributed by atoms with Gasteiger partial charge in [0.15, 0.2) is 40.8 Å². The number of carbonyl (C=O) groups is 8. The summed E-state index contributed by atoms with van der Waals surface area (Å²) >= 11 is 0. The summed E-state index contributed by atoms with van der Waals surface area (Å²) in [5.41, 5.74) is -0.440. The fourth-order valence-electron chi connectivity index (χ4n) is 24.7. The van der Waals surface area contributed by atoms with Crippen molar-refractivity contribution in [3.8, 4) is 0 Å². The highest BCUT2D eigenvalue weighted by molar-refractivity contribution is 5.87. The average molecular weight is 1810 g/mol. The second-order valence-electron chi connectivity index (χ2n) is 42.1. The summed E-state index contributed by atoms with van der Waals surface area (Å²) in [6, 6.07) is 0. The van der Waals surface area contributed by atoms with E-state index in [1.807, 2.05) is 104 Å². The molecular weight excluding hydrogens is 1610 g/mol. The van der Waals surface area contributed by atoms with Gasteiger partial charge in [0.2, 0.25) is 0 Å². The molecule has 0 spiro atoms. The minimum Gasteiger partial charge on any atom is -0.438 e. The molecule has 19 unspecified atom stereocenters. The lowest BCUT2D eigenvalue weighted by Gasteiger charge is -2.56. The zero-order valence-electron chi connectivity index (χ0n) is 73.8. The first-order chi connectivity index (χ1) is 54.8. The van der Waals surface area contributed by atoms with Gasteiger partial charge in [0, 0.05) is 23.7 Å². The molecule has 0 radical (unpaired) electrons. The molecule has 20 saturated carbocycles. The predicted molar refractivity (Wildman–Crippen MR) is 515 cm³/mol. The maximum atomic E-state index is 12.3. The van der Waals surface area contributed by atoms with E-state index in [2.05, 4.69) is 0 Å². The highest BCUT2D eigenvalue weighted by Crippen LogP contribution is 2.62. The van der Waals surface area contributed by atoms with Crippen LogP contribution >= 0.6 is 0 Å². The molecule has 20 aliphatic rings. The molecule has 19 atom stereocenters. The standard InChI is InChI=1S/C18H30O3.C17H26O4.C17H28O3.C16H24O4.C14H24O3.C13H22O3.12CH4/c1-4-17(2,3)16(19)21-12-20-11-18-8-13-5-14(9-18)7-15(6-13)10-18;1-4-17(2,3)16(19)21-9-20-15-12-6-10-5-11(8-12)14(18)13(15)7-10;1-3-12(2)16(18)20-11-19-10-17-7-13-4-14(8-17)6-15(5-13)9-17;1-3-9(2)16(18)20-8-19-15-12-5-10-4-11(7-12)14(17)13(15)6-10;1-4-14(2,3)13(15)17-9-16-12-8-10-5-6-11(12)7-10;1-3-9(2)13(14)16-8-15-12-7-10-4-5-11(12)6-10;;;;;;;;;;;;/h13-15H,4-12H2,1-3H3;10-13,15H,4-9H2,1-3H3;12-15H,3-11H2,1-2H3;9-13,15H,3-8H2,1-2H3;10-12H,4-9H2,1-3H3;9-12H,3-8H2,1-2H3;12*1H4. The first kappa shape index (κ1) is 125. The van der Waals surface area contributed by atoms with Crippen molar-refractivity contribution >= 4 is 47.4 Å². The third kappa shape index (κ3) is 32.3. The molecule has 0 N–H and O–H groups in total. The zero-order valence-corrected chi connectivity index (χ0v) is 73.8. The van der Waals surface area contributed by atoms with Gasteiger partial charge < -0.3 is 56.8 Å². The van der Waals surface area contributed by atoms with Gasteiger partial charge in [-0.2, -0.15) is 0 Å². The van der Waals surface area contributed by atoms with Crippen molar-refractivity contribution in [3.63, 3.8) is 0 Å². The summed E-state index contributed by atoms with van der Waals surface area (Å²) in [5, 5.41) is 0. The Hall–Kier alpha value is -4.08. The van der Waals surface area contributed by atoms with E-state index in [0.717, 1.165) is 161 Å². The van der Waals surface area contributed by atoms with Crippen LogP contribution in [0.3, 0.4) is 0 Å². The lowest BCUT2D eigenvalue weighted by atomic mass is 9.50. The Bertz CT molecular complexity index is 3140. The smallest absolute Gasteiger partial charge is 0.313 e. The highest BCUT2D eigenvalue weighted by Gasteiger charge is 2.57. The van der Waals surface area contributed by atoms with Crippen LogP contribution in [0.5, 0.6) is 0 Å². The van der Waals surface area contributed by atoms with Gasteiger partial charge in [0.1, 0.15) is 11.6 Å². The minimum atomic E-state index is -0.469. The van der Waals surface area contributed by atoms with E-state index in [4.69, 9.17) is 56.8 Å². The van der Waals surface area contributed by atoms with Crippen molar-refractivity contribution in [2.24, 2.45) is 151 Å². The molecule has 20 bridgehead atoms. The molecule has 750 valence electrons. The van der Waals surface area contributed by atoms with E-state index in [9.17, 15) is 38.4 Å². The first-order valence-electron chi connectivity index (χ1n) is 46.5. The predicted octanol–water partition coefficient (Wildman–Crippen LogP) is 26.9. The van der Waals surface area contributed by atoms with Gasteiger partial charge in [-0.15, -0.1) is 0 Å². The summed E-state index contributed by atoms with van der Waals surface area (Å²) in [6.45, 7) is 31.1. The van der Waals surface area contributed by atoms with Crippen LogP contribution in [0.4, 0.5) is 0 Å². The van der Waals surface area contributed by atoms with Crippen LogP contribution in [-0.2, 0) is 95.2 Å². The SMILES string of the molecule is C.C.C.C.C.C.C.C.C.C.C.C.CCC(C)(C)C(=O)OCOC1C2CC3CC(C2)C(=O)C1C3.CCC(C)(C)C(=O)OCOC1CC2CCC1C2.CCC(C)(C)C(=O)OCOCC12CC3CC(CC(C3)C1)C2.CCC(C)C(=O)OCOC1C2CC3CC(C2)C(=O)C1C3.CCC(C)C(=O)OCOC1CC2CCC1C2.CCC(C)C(=O)OCOCC12CC3CC(CC(C3)C1)C2. The lowest BCUT2D eigenvalue weighted by Crippen LogP contribution is -2.55. The maximum Gasteiger partial charge on any atom is 0.313 e. The van der Waals surface area contributed by atoms with Crippen molar-refractivity contribution in [3.05, 3.63) is 0 Å². The average Bonchev–Trinajstić information content (AvgIpc) is 1.30. The number of rotatable bonds is 32. The third-order valence-corrected chi connectivity index (χ3v) is 32.4. The van der Waals surface area contributed by atoms with E-state index in [-0.39, 0.29) is 213 Å². The minimum absolute atomic E-state index is 0. The van der Waals surface area contributed by atoms with Gasteiger partial charge in [-0.05, 0) is 354 Å². The molecule has 20 heteroatoms. The summed E-state index contributed by atoms with van der Waals surface area (Å²) in [7, 11) is 0. The molecule has 0 heterocycles. The molecule has 127 heavy (non-hydrogen) atoms. The van der Waals surface area contributed by atoms with Crippen LogP contribution in [0, 0.1) is 151 Å². The van der Waals surface area contributed by atoms with Crippen molar-refractivity contribution in [1.82, 2.24) is 0 Å². The lowest BCUT2D eigenvalue weighted by molar-refractivity contribution is -0.194. The summed E-state index contributed by atoms with van der Waals surface area (Å²) < 4.78 is 65.8. The van der Waals surface area contributed by atoms with Crippen molar-refractivity contribution in [1.29, 1.82) is 0 Å². The summed E-state index contributed by atoms with van der Waals surface area (Å²) in [5.74, 6) is 11.7. The van der Waals surface area contributed by atoms with Gasteiger partial charge in [0.25, 0.3) is 0 Å². The largest absolute Gasteiger partial charge is 0.438 e. The van der Waals surface area contributed by atoms with Crippen molar-refractivity contribution in [2.45, 2.75) is 436 Å². The van der Waals surface area contributed by atoms with E-state index < -0.39 is 16.2 Å². The first-order valence-corrected chi connectivity index (χ1v) is 46.5. The highest BCUT2D eigenvalue weighted by atomic mass is 16.7. The van der Waals surface area contributed by atoms with Crippen LogP contribution in [0.1, 0.15) is 411 Å². The molecular formula is C107H202O20. The van der Waals surface area contributed by atoms with E-state index in [0.29, 0.717) is 52.4 Å². The fourth-order valence-corrected chi connectivity index (χ4v) is 24.7. The summed E-state index contributed by atoms with van der Waals surface area (Å²) in [6.07, 6.45) is 41.0. The normalized spacial score (nSPS) is 33.6. The molecule has 20 fully saturated rings. The summed E-state index contributed by atoms with van der Waals surface area (Å²) in [4.78, 5) is 94.7. The number of hydrogen-bond acceptors (Lipinski definition) is 20. The molecule has 20 nitrogen and oxygen atoms in total. The number of esters is 6. The van der Waals surface area contributed by atoms with E-state index >= 15 is 0 Å². The monoisotopic (exact) mass is 1810 g/mol. The van der Waals surface area contributed by atoms with Crippen LogP contribution in [0.15, 0.2) is 0 Å². The van der Waals surface area contributed by atoms with Gasteiger partial charge in [-0.25, -0.2) is 0 Å². The molecule has 0 aromatic rings. The van der Waals surface area contributed by atoms with Gasteiger partial charge in [-0.3, -0.25) is 38.4 Å². The molecule has 20 rings (SSSR count). The van der Waals surface area contributed by atoms with E-state index in [1.165, 1.54) is 141 Å². The van der Waals surface area contributed by atoms with Crippen LogP contribution in [0.25, 0.3) is 0 Å². The number of fused-ring (bicyclic) bond motifs is 4. The van der Waals surface area contributed by atoms with Crippen LogP contribution in [-0.4, -0.2) is 126 Å². The Morgan fingerprint density at radius 3 is 0.858 bits per heavy atom. The van der Waals surface area contributed by atoms with Crippen LogP contribution < -0.4 is 0 Å². The fraction of sp³-hybridized carbons (Fsp3) is 0.925. The molecule has 0 saturated heterocycles. The zero-order chi connectivity index (χ0) is 82.7. The van der Waals surface area contributed by atoms with Gasteiger partial charge in [-0.1, -0.05) is 151 Å². The number of Topliss-reactive ketones (excluding diaryl/α,β-unsaturated/α-hetero) is 2. The maximum absolute atomic E-state index is 12.3. The Labute approximate surface area is 779 Å². The second-order valence-corrected chi connectivity index (χ2v) is 42.1. The molecule has 0 amide bonds. The van der Waals surface area contributed by atoms with Gasteiger partial charge in [0.05, 0.1) is 71.6 Å². The van der Waals surface area contributed by atoms with Crippen LogP contribution in [0.2, 0.25) is 0 Å².